The molecule has 332 valence electrons. The third-order valence-electron chi connectivity index (χ3n) is 14.4. The van der Waals surface area contributed by atoms with Crippen LogP contribution in [-0.4, -0.2) is 50.2 Å². The third-order valence-corrected chi connectivity index (χ3v) is 14.4. The number of rotatable bonds is 21. The Morgan fingerprint density at radius 2 is 0.867 bits per heavy atom. The molecule has 5 rings (SSSR count). The highest BCUT2D eigenvalue weighted by molar-refractivity contribution is 5.91. The van der Waals surface area contributed by atoms with Gasteiger partial charge in [0.15, 0.2) is 11.5 Å². The molecule has 0 heterocycles. The molecule has 0 atom stereocenters. The number of hydrogen-bond acceptors (Lipinski definition) is 10. The van der Waals surface area contributed by atoms with Gasteiger partial charge in [-0.1, -0.05) is 90.2 Å². The number of carbonyl (C=O) groups is 5. The molecular weight excluding hydrogens is 761 g/mol. The molecule has 0 amide bonds. The first kappa shape index (κ1) is 47.1. The van der Waals surface area contributed by atoms with E-state index in [-0.39, 0.29) is 52.8 Å². The maximum Gasteiger partial charge on any atom is 0.337 e. The molecular formula is C50H72O10. The van der Waals surface area contributed by atoms with Crippen LogP contribution in [0.15, 0.2) is 43.5 Å². The van der Waals surface area contributed by atoms with Crippen molar-refractivity contribution in [3.63, 3.8) is 0 Å². The van der Waals surface area contributed by atoms with Gasteiger partial charge in [-0.2, -0.15) is 0 Å². The van der Waals surface area contributed by atoms with Gasteiger partial charge < -0.3 is 23.7 Å². The molecule has 1 aromatic carbocycles. The predicted molar refractivity (Wildman–Crippen MR) is 230 cm³/mol. The second-order valence-corrected chi connectivity index (χ2v) is 18.4. The Labute approximate surface area is 358 Å². The Bertz CT molecular complexity index is 1550. The minimum Gasteiger partial charge on any atom is -0.465 e. The van der Waals surface area contributed by atoms with Crippen molar-refractivity contribution in [1.82, 2.24) is 0 Å². The van der Waals surface area contributed by atoms with Gasteiger partial charge in [-0.15, -0.1) is 0 Å². The summed E-state index contributed by atoms with van der Waals surface area (Å²) < 4.78 is 27.0. The van der Waals surface area contributed by atoms with Crippen LogP contribution in [0.3, 0.4) is 0 Å². The van der Waals surface area contributed by atoms with E-state index in [9.17, 15) is 24.0 Å². The number of methoxy groups -OCH3 is 1. The van der Waals surface area contributed by atoms with Crippen molar-refractivity contribution in [3.05, 3.63) is 49.1 Å². The summed E-state index contributed by atoms with van der Waals surface area (Å²) in [5, 5.41) is 0. The Kier molecular flexibility index (Phi) is 19.7. The van der Waals surface area contributed by atoms with Gasteiger partial charge in [0.05, 0.1) is 37.7 Å². The summed E-state index contributed by atoms with van der Waals surface area (Å²) in [6.45, 7) is 7.84. The minimum atomic E-state index is -0.555. The lowest BCUT2D eigenvalue weighted by Gasteiger charge is -2.31. The molecule has 0 saturated heterocycles. The lowest BCUT2D eigenvalue weighted by atomic mass is 9.75. The summed E-state index contributed by atoms with van der Waals surface area (Å²) in [5.74, 6) is 2.13. The summed E-state index contributed by atoms with van der Waals surface area (Å²) in [6.07, 6.45) is 28.5. The van der Waals surface area contributed by atoms with Crippen LogP contribution in [0, 0.1) is 47.3 Å². The van der Waals surface area contributed by atoms with Gasteiger partial charge >= 0.3 is 29.8 Å². The number of hydrogen-bond donors (Lipinski definition) is 0. The topological polar surface area (TPSA) is 132 Å². The van der Waals surface area contributed by atoms with Crippen molar-refractivity contribution in [3.8, 4) is 11.5 Å². The molecule has 0 spiro atoms. The summed E-state index contributed by atoms with van der Waals surface area (Å²) in [5.41, 5.74) is 0.229. The number of carbonyl (C=O) groups excluding carboxylic acids is 5. The fourth-order valence-corrected chi connectivity index (χ4v) is 10.4. The highest BCUT2D eigenvalue weighted by atomic mass is 16.6. The molecule has 0 radical (unpaired) electrons. The monoisotopic (exact) mass is 833 g/mol. The number of benzene rings is 1. The van der Waals surface area contributed by atoms with Crippen LogP contribution >= 0.6 is 0 Å². The molecule has 4 aliphatic rings. The van der Waals surface area contributed by atoms with E-state index in [2.05, 4.69) is 13.2 Å². The van der Waals surface area contributed by atoms with E-state index < -0.39 is 5.97 Å². The zero-order chi connectivity index (χ0) is 42.7. The molecule has 10 heteroatoms. The summed E-state index contributed by atoms with van der Waals surface area (Å²) >= 11 is 0. The lowest BCUT2D eigenvalue weighted by molar-refractivity contribution is -0.143. The lowest BCUT2D eigenvalue weighted by Crippen LogP contribution is -2.28. The first-order valence-electron chi connectivity index (χ1n) is 23.4. The zero-order valence-electron chi connectivity index (χ0n) is 36.4. The first-order chi connectivity index (χ1) is 29.1. The zero-order valence-corrected chi connectivity index (χ0v) is 36.4. The van der Waals surface area contributed by atoms with Crippen LogP contribution in [-0.2, 0) is 33.4 Å². The highest BCUT2D eigenvalue weighted by Crippen LogP contribution is 2.41. The van der Waals surface area contributed by atoms with E-state index in [1.807, 2.05) is 0 Å². The molecule has 0 aliphatic heterocycles. The molecule has 0 aromatic heterocycles. The fraction of sp³-hybridized carbons (Fsp3) is 0.700. The molecule has 60 heavy (non-hydrogen) atoms. The van der Waals surface area contributed by atoms with Crippen molar-refractivity contribution >= 4 is 29.8 Å². The SMILES string of the molecule is C=CC(=O)OCCC[C@H]1CC[C@H](CCC2CCC(C(=O)Oc3cc(C(=O)OC)ccc3OC(=O)[C@H]3CC[C@H](CC[C@H]4CC[C@H](CCCOC(=O)C=C)CC4)CC3)CC2)CC1. The van der Waals surface area contributed by atoms with Crippen LogP contribution in [0.2, 0.25) is 0 Å². The maximum atomic E-state index is 13.5. The van der Waals surface area contributed by atoms with Crippen LogP contribution in [0.4, 0.5) is 0 Å². The summed E-state index contributed by atoms with van der Waals surface area (Å²) in [4.78, 5) is 61.9. The van der Waals surface area contributed by atoms with Gasteiger partial charge in [-0.3, -0.25) is 9.59 Å². The van der Waals surface area contributed by atoms with E-state index in [1.165, 1.54) is 108 Å². The van der Waals surface area contributed by atoms with Crippen molar-refractivity contribution in [1.29, 1.82) is 0 Å². The van der Waals surface area contributed by atoms with E-state index in [0.717, 1.165) is 101 Å². The van der Waals surface area contributed by atoms with Gasteiger partial charge in [-0.25, -0.2) is 14.4 Å². The molecule has 4 saturated carbocycles. The summed E-state index contributed by atoms with van der Waals surface area (Å²) in [7, 11) is 1.30. The fourth-order valence-electron chi connectivity index (χ4n) is 10.4. The highest BCUT2D eigenvalue weighted by Gasteiger charge is 2.32. The molecule has 1 aromatic rings. The molecule has 0 bridgehead atoms. The van der Waals surface area contributed by atoms with Gasteiger partial charge in [0.1, 0.15) is 0 Å². The average molecular weight is 833 g/mol. The predicted octanol–water partition coefficient (Wildman–Crippen LogP) is 11.1. The Morgan fingerprint density at radius 3 is 1.23 bits per heavy atom. The van der Waals surface area contributed by atoms with E-state index in [0.29, 0.717) is 25.0 Å². The Balaban J connectivity index is 0.996. The van der Waals surface area contributed by atoms with Gasteiger partial charge in [0.25, 0.3) is 0 Å². The van der Waals surface area contributed by atoms with Crippen LogP contribution in [0.5, 0.6) is 11.5 Å². The van der Waals surface area contributed by atoms with Gasteiger partial charge in [0.2, 0.25) is 0 Å². The normalized spacial score (nSPS) is 26.8. The Morgan fingerprint density at radius 1 is 0.517 bits per heavy atom. The molecule has 0 unspecified atom stereocenters. The minimum absolute atomic E-state index is 0.0892. The van der Waals surface area contributed by atoms with Crippen molar-refractivity contribution < 1.29 is 47.7 Å². The largest absolute Gasteiger partial charge is 0.465 e. The van der Waals surface area contributed by atoms with Crippen LogP contribution < -0.4 is 9.47 Å². The molecule has 10 nitrogen and oxygen atoms in total. The second kappa shape index (κ2) is 25.1. The Hall–Kier alpha value is -3.95. The average Bonchev–Trinajstić information content (AvgIpc) is 3.28. The first-order valence-corrected chi connectivity index (χ1v) is 23.4. The maximum absolute atomic E-state index is 13.5. The van der Waals surface area contributed by atoms with Crippen molar-refractivity contribution in [2.24, 2.45) is 47.3 Å². The van der Waals surface area contributed by atoms with Crippen LogP contribution in [0.25, 0.3) is 0 Å². The summed E-state index contributed by atoms with van der Waals surface area (Å²) in [6, 6.07) is 4.53. The van der Waals surface area contributed by atoms with Crippen molar-refractivity contribution in [2.75, 3.05) is 20.3 Å². The standard InChI is InChI=1S/C50H72O10/c1-4-46(51)57-32-6-8-35-10-14-37(15-11-35)18-20-39-22-26-41(27-23-39)49(54)59-44-31-30-43(48(53)56-3)34-45(44)60-50(55)42-28-24-40(25-29-42)21-19-38-16-12-36(13-17-38)9-7-33-58-47(52)5-2/h4-5,30-31,34-42H,1-2,6-29,32-33H2,3H3/t35-,36-,37-,38-,39-,40?,41-,42?. The number of esters is 5. The van der Waals surface area contributed by atoms with E-state index in [1.54, 1.807) is 6.07 Å². The smallest absolute Gasteiger partial charge is 0.337 e. The van der Waals surface area contributed by atoms with E-state index in [4.69, 9.17) is 23.7 Å². The van der Waals surface area contributed by atoms with Gasteiger partial charge in [-0.05, 0) is 131 Å². The quantitative estimate of drug-likeness (QED) is 0.0388. The second-order valence-electron chi connectivity index (χ2n) is 18.4. The van der Waals surface area contributed by atoms with Crippen LogP contribution in [0.1, 0.15) is 164 Å². The van der Waals surface area contributed by atoms with Gasteiger partial charge in [0, 0.05) is 12.2 Å². The number of ether oxygens (including phenoxy) is 5. The molecule has 4 fully saturated rings. The molecule has 4 aliphatic carbocycles. The molecule has 0 N–H and O–H groups in total. The third kappa shape index (κ3) is 15.5. The van der Waals surface area contributed by atoms with Crippen molar-refractivity contribution in [2.45, 2.75) is 154 Å². The van der Waals surface area contributed by atoms with E-state index >= 15 is 0 Å².